The van der Waals surface area contributed by atoms with Gasteiger partial charge in [-0.15, -0.1) is 0 Å². The van der Waals surface area contributed by atoms with Crippen LogP contribution < -0.4 is 0 Å². The van der Waals surface area contributed by atoms with Crippen LogP contribution in [-0.4, -0.2) is 35.0 Å². The fraction of sp³-hybridized carbons (Fsp3) is 0.857. The summed E-state index contributed by atoms with van der Waals surface area (Å²) in [6, 6.07) is 0. The summed E-state index contributed by atoms with van der Waals surface area (Å²) in [6.45, 7) is 3.88. The molecule has 0 spiro atoms. The summed E-state index contributed by atoms with van der Waals surface area (Å²) < 4.78 is 5.46. The molecule has 0 aromatic rings. The molecule has 2 N–H and O–H groups in total. The van der Waals surface area contributed by atoms with Crippen LogP contribution in [0.1, 0.15) is 90.9 Å². The van der Waals surface area contributed by atoms with E-state index in [1.807, 2.05) is 6.08 Å². The van der Waals surface area contributed by atoms with Crippen molar-refractivity contribution in [3.05, 3.63) is 12.2 Å². The molecule has 0 amide bonds. The van der Waals surface area contributed by atoms with Crippen LogP contribution in [0.5, 0.6) is 0 Å². The molecular formula is C21H38O4. The maximum absolute atomic E-state index is 11.4. The molecule has 1 saturated carbocycles. The number of carbonyl (C=O) groups is 1. The third-order valence-corrected chi connectivity index (χ3v) is 5.39. The Labute approximate surface area is 153 Å². The van der Waals surface area contributed by atoms with Crippen molar-refractivity contribution in [2.75, 3.05) is 6.61 Å². The Hall–Kier alpha value is -0.870. The monoisotopic (exact) mass is 354 g/mol. The third kappa shape index (κ3) is 8.37. The summed E-state index contributed by atoms with van der Waals surface area (Å²) >= 11 is 0. The minimum absolute atomic E-state index is 0.164. The van der Waals surface area contributed by atoms with Gasteiger partial charge in [-0.05, 0) is 51.0 Å². The average molecular weight is 355 g/mol. The lowest BCUT2D eigenvalue weighted by Gasteiger charge is -2.30. The van der Waals surface area contributed by atoms with Gasteiger partial charge in [-0.2, -0.15) is 0 Å². The van der Waals surface area contributed by atoms with E-state index in [1.54, 1.807) is 0 Å². The van der Waals surface area contributed by atoms with E-state index >= 15 is 0 Å². The number of aliphatic hydroxyl groups excluding tert-OH is 2. The molecule has 4 nitrogen and oxygen atoms in total. The zero-order valence-corrected chi connectivity index (χ0v) is 16.2. The van der Waals surface area contributed by atoms with Gasteiger partial charge in [0.2, 0.25) is 0 Å². The summed E-state index contributed by atoms with van der Waals surface area (Å²) in [7, 11) is 0. The van der Waals surface area contributed by atoms with E-state index in [0.29, 0.717) is 0 Å². The largest absolute Gasteiger partial charge is 0.458 e. The van der Waals surface area contributed by atoms with Gasteiger partial charge in [0.15, 0.2) is 0 Å². The highest BCUT2D eigenvalue weighted by atomic mass is 16.5. The highest BCUT2D eigenvalue weighted by Crippen LogP contribution is 2.44. The summed E-state index contributed by atoms with van der Waals surface area (Å²) in [5.74, 6) is -0.240. The number of hydrogen-bond donors (Lipinski definition) is 2. The predicted octanol–water partition coefficient (Wildman–Crippen LogP) is 4.53. The number of unbranched alkanes of at least 4 members (excludes halogenated alkanes) is 5. The number of ether oxygens (including phenoxy) is 1. The Morgan fingerprint density at radius 2 is 2.00 bits per heavy atom. The van der Waals surface area contributed by atoms with Crippen LogP contribution in [0, 0.1) is 5.41 Å². The number of hydrogen-bond acceptors (Lipinski definition) is 4. The van der Waals surface area contributed by atoms with Crippen LogP contribution in [0.2, 0.25) is 0 Å². The van der Waals surface area contributed by atoms with Crippen LogP contribution in [-0.2, 0) is 9.53 Å². The van der Waals surface area contributed by atoms with Gasteiger partial charge < -0.3 is 14.9 Å². The molecule has 0 heterocycles. The van der Waals surface area contributed by atoms with Gasteiger partial charge in [0.05, 0.1) is 6.10 Å². The first-order valence-electron chi connectivity index (χ1n) is 10.2. The van der Waals surface area contributed by atoms with Gasteiger partial charge in [-0.3, -0.25) is 4.79 Å². The van der Waals surface area contributed by atoms with Crippen LogP contribution >= 0.6 is 0 Å². The summed E-state index contributed by atoms with van der Waals surface area (Å²) in [5, 5.41) is 19.4. The summed E-state index contributed by atoms with van der Waals surface area (Å²) in [6.07, 6.45) is 15.8. The van der Waals surface area contributed by atoms with Crippen LogP contribution in [0.15, 0.2) is 12.2 Å². The minimum Gasteiger partial charge on any atom is -0.458 e. The Bertz CT molecular complexity index is 393. The van der Waals surface area contributed by atoms with Crippen molar-refractivity contribution < 1.29 is 19.7 Å². The van der Waals surface area contributed by atoms with E-state index < -0.39 is 0 Å². The summed E-state index contributed by atoms with van der Waals surface area (Å²) in [4.78, 5) is 11.4. The number of esters is 1. The standard InChI is InChI=1S/C21H38O4/c1-3-4-7-11-19(25-18(2)23)13-16-21(15-10-12-20(21)24)14-8-5-6-9-17-22/h13,16,19-20,22,24H,3-12,14-15,17H2,1-2H3/b16-13+/t19?,20-,21+/m1/s1. The van der Waals surface area contributed by atoms with Crippen molar-refractivity contribution in [3.63, 3.8) is 0 Å². The van der Waals surface area contributed by atoms with E-state index in [2.05, 4.69) is 13.0 Å². The average Bonchev–Trinajstić information content (AvgIpc) is 2.93. The number of aliphatic hydroxyl groups is 2. The molecule has 1 rings (SSSR count). The Morgan fingerprint density at radius 3 is 2.60 bits per heavy atom. The molecule has 0 saturated heterocycles. The first-order valence-corrected chi connectivity index (χ1v) is 10.2. The van der Waals surface area contributed by atoms with Crippen LogP contribution in [0.4, 0.5) is 0 Å². The Kier molecular flexibility index (Phi) is 11.1. The lowest BCUT2D eigenvalue weighted by Crippen LogP contribution is -2.28. The van der Waals surface area contributed by atoms with Gasteiger partial charge >= 0.3 is 5.97 Å². The topological polar surface area (TPSA) is 66.8 Å². The molecule has 0 aromatic carbocycles. The second-order valence-corrected chi connectivity index (χ2v) is 7.53. The molecule has 1 aliphatic rings. The number of carbonyl (C=O) groups excluding carboxylic acids is 1. The zero-order chi connectivity index (χ0) is 18.5. The predicted molar refractivity (Wildman–Crippen MR) is 101 cm³/mol. The molecule has 25 heavy (non-hydrogen) atoms. The fourth-order valence-corrected chi connectivity index (χ4v) is 3.87. The minimum atomic E-state index is -0.296. The van der Waals surface area contributed by atoms with E-state index in [0.717, 1.165) is 77.0 Å². The normalized spacial score (nSPS) is 24.7. The molecule has 0 radical (unpaired) electrons. The number of rotatable bonds is 13. The molecule has 0 aliphatic heterocycles. The molecule has 3 atom stereocenters. The van der Waals surface area contributed by atoms with Gasteiger partial charge in [-0.1, -0.05) is 45.1 Å². The van der Waals surface area contributed by atoms with Crippen molar-refractivity contribution >= 4 is 5.97 Å². The van der Waals surface area contributed by atoms with Gasteiger partial charge in [0, 0.05) is 18.9 Å². The molecule has 1 aliphatic carbocycles. The maximum atomic E-state index is 11.4. The third-order valence-electron chi connectivity index (χ3n) is 5.39. The van der Waals surface area contributed by atoms with Crippen LogP contribution in [0.3, 0.4) is 0 Å². The molecule has 0 bridgehead atoms. The Balaban J connectivity index is 2.65. The lowest BCUT2D eigenvalue weighted by molar-refractivity contribution is -0.144. The molecular weight excluding hydrogens is 316 g/mol. The van der Waals surface area contributed by atoms with Crippen molar-refractivity contribution in [2.24, 2.45) is 5.41 Å². The van der Waals surface area contributed by atoms with Crippen molar-refractivity contribution in [1.29, 1.82) is 0 Å². The van der Waals surface area contributed by atoms with Crippen molar-refractivity contribution in [2.45, 2.75) is 103 Å². The van der Waals surface area contributed by atoms with E-state index in [9.17, 15) is 9.90 Å². The second-order valence-electron chi connectivity index (χ2n) is 7.53. The molecule has 1 fully saturated rings. The highest BCUT2D eigenvalue weighted by Gasteiger charge is 2.39. The van der Waals surface area contributed by atoms with E-state index in [1.165, 1.54) is 6.92 Å². The maximum Gasteiger partial charge on any atom is 0.303 e. The van der Waals surface area contributed by atoms with Gasteiger partial charge in [0.25, 0.3) is 0 Å². The zero-order valence-electron chi connectivity index (χ0n) is 16.2. The summed E-state index contributed by atoms with van der Waals surface area (Å²) in [5.41, 5.74) is -0.164. The highest BCUT2D eigenvalue weighted by molar-refractivity contribution is 5.66. The van der Waals surface area contributed by atoms with Crippen molar-refractivity contribution in [3.8, 4) is 0 Å². The van der Waals surface area contributed by atoms with Crippen molar-refractivity contribution in [1.82, 2.24) is 0 Å². The molecule has 146 valence electrons. The van der Waals surface area contributed by atoms with Gasteiger partial charge in [0.1, 0.15) is 6.10 Å². The molecule has 1 unspecified atom stereocenters. The fourth-order valence-electron chi connectivity index (χ4n) is 3.87. The first kappa shape index (κ1) is 22.2. The van der Waals surface area contributed by atoms with Crippen LogP contribution in [0.25, 0.3) is 0 Å². The quantitative estimate of drug-likeness (QED) is 0.290. The molecule has 4 heteroatoms. The smallest absolute Gasteiger partial charge is 0.303 e. The Morgan fingerprint density at radius 1 is 1.24 bits per heavy atom. The lowest BCUT2D eigenvalue weighted by atomic mass is 9.78. The second kappa shape index (κ2) is 12.5. The van der Waals surface area contributed by atoms with E-state index in [-0.39, 0.29) is 30.2 Å². The molecule has 0 aromatic heterocycles. The first-order chi connectivity index (χ1) is 12.0. The van der Waals surface area contributed by atoms with E-state index in [4.69, 9.17) is 9.84 Å². The SMILES string of the molecule is CCCCCC(/C=C/[C@]1(CCCCCCO)CCC[C@H]1O)OC(C)=O. The van der Waals surface area contributed by atoms with Gasteiger partial charge in [-0.25, -0.2) is 0 Å².